The van der Waals surface area contributed by atoms with E-state index in [-0.39, 0.29) is 12.5 Å². The Balaban J connectivity index is 1.66. The standard InChI is InChI=1S/C19H22ClNO2/c1-14-5-10-18(15(2)12-14)23-13-19(22)21-11-3-4-16-6-8-17(20)9-7-16/h5-10,12H,3-4,11,13H2,1-2H3,(H,21,22). The first-order valence-corrected chi connectivity index (χ1v) is 8.13. The van der Waals surface area contributed by atoms with E-state index in [1.54, 1.807) is 0 Å². The van der Waals surface area contributed by atoms with Crippen molar-refractivity contribution >= 4 is 17.5 Å². The molecule has 0 aliphatic rings. The van der Waals surface area contributed by atoms with E-state index in [4.69, 9.17) is 16.3 Å². The van der Waals surface area contributed by atoms with Gasteiger partial charge in [-0.05, 0) is 56.0 Å². The topological polar surface area (TPSA) is 38.3 Å². The number of nitrogens with one attached hydrogen (secondary N) is 1. The minimum atomic E-state index is -0.0962. The van der Waals surface area contributed by atoms with E-state index in [0.29, 0.717) is 6.54 Å². The molecule has 0 aliphatic heterocycles. The fraction of sp³-hybridized carbons (Fsp3) is 0.316. The highest BCUT2D eigenvalue weighted by molar-refractivity contribution is 6.30. The lowest BCUT2D eigenvalue weighted by Crippen LogP contribution is -2.30. The van der Waals surface area contributed by atoms with E-state index in [2.05, 4.69) is 5.32 Å². The summed E-state index contributed by atoms with van der Waals surface area (Å²) in [5, 5.41) is 3.62. The highest BCUT2D eigenvalue weighted by atomic mass is 35.5. The monoisotopic (exact) mass is 331 g/mol. The zero-order chi connectivity index (χ0) is 16.7. The molecule has 2 aromatic rings. The number of halogens is 1. The van der Waals surface area contributed by atoms with Crippen molar-refractivity contribution in [2.45, 2.75) is 26.7 Å². The largest absolute Gasteiger partial charge is 0.484 e. The molecule has 122 valence electrons. The van der Waals surface area contributed by atoms with Gasteiger partial charge in [-0.15, -0.1) is 0 Å². The summed E-state index contributed by atoms with van der Waals surface area (Å²) in [6, 6.07) is 13.7. The van der Waals surface area contributed by atoms with Gasteiger partial charge in [0.15, 0.2) is 6.61 Å². The molecule has 0 heterocycles. The van der Waals surface area contributed by atoms with Crippen LogP contribution in [0, 0.1) is 13.8 Å². The summed E-state index contributed by atoms with van der Waals surface area (Å²) < 4.78 is 5.56. The molecule has 0 saturated carbocycles. The van der Waals surface area contributed by atoms with Crippen LogP contribution in [0.1, 0.15) is 23.1 Å². The molecule has 0 atom stereocenters. The predicted molar refractivity (Wildman–Crippen MR) is 94.2 cm³/mol. The van der Waals surface area contributed by atoms with Crippen LogP contribution in [0.15, 0.2) is 42.5 Å². The lowest BCUT2D eigenvalue weighted by molar-refractivity contribution is -0.123. The first-order valence-electron chi connectivity index (χ1n) is 7.76. The number of carbonyl (C=O) groups is 1. The van der Waals surface area contributed by atoms with Crippen LogP contribution in [0.4, 0.5) is 0 Å². The van der Waals surface area contributed by atoms with Gasteiger partial charge in [0.05, 0.1) is 0 Å². The molecule has 0 aromatic heterocycles. The zero-order valence-electron chi connectivity index (χ0n) is 13.6. The van der Waals surface area contributed by atoms with Crippen LogP contribution in [0.25, 0.3) is 0 Å². The van der Waals surface area contributed by atoms with Crippen LogP contribution >= 0.6 is 11.6 Å². The summed E-state index contributed by atoms with van der Waals surface area (Å²) in [6.07, 6.45) is 1.80. The summed E-state index contributed by atoms with van der Waals surface area (Å²) >= 11 is 5.85. The van der Waals surface area contributed by atoms with E-state index in [0.717, 1.165) is 29.2 Å². The Kier molecular flexibility index (Phi) is 6.48. The van der Waals surface area contributed by atoms with Crippen LogP contribution in [0.5, 0.6) is 5.75 Å². The maximum absolute atomic E-state index is 11.8. The lowest BCUT2D eigenvalue weighted by Gasteiger charge is -2.10. The van der Waals surface area contributed by atoms with Crippen LogP contribution in [0.3, 0.4) is 0 Å². The van der Waals surface area contributed by atoms with Gasteiger partial charge in [-0.25, -0.2) is 0 Å². The highest BCUT2D eigenvalue weighted by Crippen LogP contribution is 2.18. The van der Waals surface area contributed by atoms with Crippen molar-refractivity contribution in [2.75, 3.05) is 13.2 Å². The van der Waals surface area contributed by atoms with Gasteiger partial charge in [0.1, 0.15) is 5.75 Å². The minimum Gasteiger partial charge on any atom is -0.484 e. The quantitative estimate of drug-likeness (QED) is 0.776. The molecule has 0 bridgehead atoms. The van der Waals surface area contributed by atoms with Gasteiger partial charge >= 0.3 is 0 Å². The maximum atomic E-state index is 11.8. The third-order valence-corrected chi connectivity index (χ3v) is 3.82. The summed E-state index contributed by atoms with van der Waals surface area (Å²) in [6.45, 7) is 4.69. The summed E-state index contributed by atoms with van der Waals surface area (Å²) in [7, 11) is 0. The second-order valence-corrected chi connectivity index (χ2v) is 6.07. The Hall–Kier alpha value is -2.00. The van der Waals surface area contributed by atoms with Crippen molar-refractivity contribution in [3.63, 3.8) is 0 Å². The van der Waals surface area contributed by atoms with Crippen molar-refractivity contribution in [2.24, 2.45) is 0 Å². The molecule has 2 aromatic carbocycles. The molecule has 0 saturated heterocycles. The Labute approximate surface area is 142 Å². The number of benzene rings is 2. The third kappa shape index (κ3) is 5.95. The SMILES string of the molecule is Cc1ccc(OCC(=O)NCCCc2ccc(Cl)cc2)c(C)c1. The average Bonchev–Trinajstić information content (AvgIpc) is 2.52. The number of hydrogen-bond donors (Lipinski definition) is 1. The molecular formula is C19H22ClNO2. The first-order chi connectivity index (χ1) is 11.0. The fourth-order valence-electron chi connectivity index (χ4n) is 2.33. The summed E-state index contributed by atoms with van der Waals surface area (Å²) in [5.41, 5.74) is 3.44. The number of ether oxygens (including phenoxy) is 1. The Morgan fingerprint density at radius 1 is 1.13 bits per heavy atom. The van der Waals surface area contributed by atoms with E-state index in [9.17, 15) is 4.79 Å². The van der Waals surface area contributed by atoms with Gasteiger partial charge in [-0.3, -0.25) is 4.79 Å². The second kappa shape index (κ2) is 8.59. The van der Waals surface area contributed by atoms with Crippen LogP contribution in [-0.2, 0) is 11.2 Å². The van der Waals surface area contributed by atoms with E-state index < -0.39 is 0 Å². The molecule has 0 spiro atoms. The lowest BCUT2D eigenvalue weighted by atomic mass is 10.1. The van der Waals surface area contributed by atoms with Gasteiger partial charge in [-0.1, -0.05) is 41.4 Å². The number of aryl methyl sites for hydroxylation is 3. The molecule has 0 radical (unpaired) electrons. The van der Waals surface area contributed by atoms with Gasteiger partial charge in [0.2, 0.25) is 0 Å². The molecule has 3 nitrogen and oxygen atoms in total. The Bertz CT molecular complexity index is 653. The molecule has 0 aliphatic carbocycles. The van der Waals surface area contributed by atoms with E-state index in [1.165, 1.54) is 11.1 Å². The molecule has 0 unspecified atom stereocenters. The predicted octanol–water partition coefficient (Wildman–Crippen LogP) is 4.08. The number of hydrogen-bond acceptors (Lipinski definition) is 2. The van der Waals surface area contributed by atoms with Gasteiger partial charge in [0.25, 0.3) is 5.91 Å². The molecule has 1 N–H and O–H groups in total. The van der Waals surface area contributed by atoms with E-state index in [1.807, 2.05) is 56.3 Å². The van der Waals surface area contributed by atoms with Gasteiger partial charge < -0.3 is 10.1 Å². The fourth-order valence-corrected chi connectivity index (χ4v) is 2.45. The Morgan fingerprint density at radius 2 is 1.87 bits per heavy atom. The molecule has 4 heteroatoms. The van der Waals surface area contributed by atoms with Gasteiger partial charge in [-0.2, -0.15) is 0 Å². The summed E-state index contributed by atoms with van der Waals surface area (Å²) in [5.74, 6) is 0.660. The molecular weight excluding hydrogens is 310 g/mol. The van der Waals surface area contributed by atoms with Crippen molar-refractivity contribution in [1.29, 1.82) is 0 Å². The van der Waals surface area contributed by atoms with Crippen molar-refractivity contribution < 1.29 is 9.53 Å². The van der Waals surface area contributed by atoms with Crippen LogP contribution in [0.2, 0.25) is 5.02 Å². The molecule has 23 heavy (non-hydrogen) atoms. The summed E-state index contributed by atoms with van der Waals surface area (Å²) in [4.78, 5) is 11.8. The Morgan fingerprint density at radius 3 is 2.57 bits per heavy atom. The first kappa shape index (κ1) is 17.4. The second-order valence-electron chi connectivity index (χ2n) is 5.64. The van der Waals surface area contributed by atoms with Crippen molar-refractivity contribution in [3.05, 3.63) is 64.2 Å². The number of amides is 1. The third-order valence-electron chi connectivity index (χ3n) is 3.57. The van der Waals surface area contributed by atoms with Crippen LogP contribution < -0.4 is 10.1 Å². The average molecular weight is 332 g/mol. The molecule has 0 fully saturated rings. The molecule has 2 rings (SSSR count). The normalized spacial score (nSPS) is 10.4. The van der Waals surface area contributed by atoms with Crippen molar-refractivity contribution in [3.8, 4) is 5.75 Å². The molecule has 1 amide bonds. The highest BCUT2D eigenvalue weighted by Gasteiger charge is 2.04. The minimum absolute atomic E-state index is 0.0465. The van der Waals surface area contributed by atoms with Crippen LogP contribution in [-0.4, -0.2) is 19.1 Å². The number of carbonyl (C=O) groups excluding carboxylic acids is 1. The van der Waals surface area contributed by atoms with Gasteiger partial charge in [0, 0.05) is 11.6 Å². The van der Waals surface area contributed by atoms with Crippen molar-refractivity contribution in [1.82, 2.24) is 5.32 Å². The number of rotatable bonds is 7. The smallest absolute Gasteiger partial charge is 0.257 e. The maximum Gasteiger partial charge on any atom is 0.257 e. The zero-order valence-corrected chi connectivity index (χ0v) is 14.3. The van der Waals surface area contributed by atoms with E-state index >= 15 is 0 Å².